The molecule has 0 spiro atoms. The third kappa shape index (κ3) is 5.87. The van der Waals surface area contributed by atoms with Crippen molar-refractivity contribution in [3.8, 4) is 0 Å². The number of ether oxygens (including phenoxy) is 1. The van der Waals surface area contributed by atoms with Crippen molar-refractivity contribution in [1.82, 2.24) is 10.2 Å². The van der Waals surface area contributed by atoms with E-state index in [-0.39, 0.29) is 24.6 Å². The number of hydrogen-bond donors (Lipinski definition) is 3. The summed E-state index contributed by atoms with van der Waals surface area (Å²) in [6.45, 7) is 5.76. The molecule has 0 aliphatic carbocycles. The van der Waals surface area contributed by atoms with E-state index >= 15 is 0 Å². The fourth-order valence-electron chi connectivity index (χ4n) is 3.85. The van der Waals surface area contributed by atoms with Crippen LogP contribution in [0.15, 0.2) is 54.6 Å². The number of aliphatic hydroxyl groups excluding tert-OH is 1. The average Bonchev–Trinajstić information content (AvgIpc) is 3.35. The molecule has 10 heteroatoms. The Hall–Kier alpha value is -3.40. The molecule has 3 amide bonds. The maximum Gasteiger partial charge on any atom is 0.407 e. The van der Waals surface area contributed by atoms with E-state index in [4.69, 9.17) is 16.3 Å². The van der Waals surface area contributed by atoms with Crippen molar-refractivity contribution in [2.75, 3.05) is 5.32 Å². The number of nitrogens with one attached hydrogen (secondary N) is 2. The molecular formula is C26H26ClN3O5S. The van der Waals surface area contributed by atoms with Gasteiger partial charge in [-0.15, -0.1) is 11.3 Å². The first-order valence-electron chi connectivity index (χ1n) is 11.2. The number of carbonyl (C=O) groups excluding carboxylic acids is 3. The number of alkyl carbamates (subject to hydrolysis) is 1. The van der Waals surface area contributed by atoms with Crippen LogP contribution in [-0.2, 0) is 17.8 Å². The van der Waals surface area contributed by atoms with Gasteiger partial charge in [-0.05, 0) is 50.1 Å². The Morgan fingerprint density at radius 1 is 1.11 bits per heavy atom. The van der Waals surface area contributed by atoms with Gasteiger partial charge in [0.05, 0.1) is 20.5 Å². The fourth-order valence-corrected chi connectivity index (χ4v) is 4.79. The molecule has 0 radical (unpaired) electrons. The Morgan fingerprint density at radius 2 is 1.83 bits per heavy atom. The van der Waals surface area contributed by atoms with Crippen LogP contribution < -0.4 is 10.6 Å². The van der Waals surface area contributed by atoms with E-state index in [2.05, 4.69) is 10.6 Å². The molecular weight excluding hydrogens is 502 g/mol. The van der Waals surface area contributed by atoms with Gasteiger partial charge in [-0.2, -0.15) is 0 Å². The summed E-state index contributed by atoms with van der Waals surface area (Å²) in [5.41, 5.74) is 2.00. The molecule has 3 aromatic rings. The number of hydrogen-bond acceptors (Lipinski definition) is 6. The van der Waals surface area contributed by atoms with Gasteiger partial charge < -0.3 is 25.4 Å². The second-order valence-electron chi connectivity index (χ2n) is 9.31. The van der Waals surface area contributed by atoms with E-state index in [1.54, 1.807) is 51.1 Å². The van der Waals surface area contributed by atoms with E-state index in [9.17, 15) is 19.5 Å². The number of rotatable bonds is 6. The first-order chi connectivity index (χ1) is 17.0. The molecule has 3 N–H and O–H groups in total. The summed E-state index contributed by atoms with van der Waals surface area (Å²) in [6, 6.07) is 15.6. The van der Waals surface area contributed by atoms with Gasteiger partial charge in [-0.25, -0.2) is 4.79 Å². The molecule has 188 valence electrons. The van der Waals surface area contributed by atoms with Gasteiger partial charge in [0, 0.05) is 18.7 Å². The lowest BCUT2D eigenvalue weighted by atomic mass is 10.1. The molecule has 0 bridgehead atoms. The van der Waals surface area contributed by atoms with Crippen LogP contribution in [0.4, 0.5) is 10.5 Å². The van der Waals surface area contributed by atoms with Gasteiger partial charge in [-0.3, -0.25) is 9.59 Å². The first kappa shape index (κ1) is 25.7. The van der Waals surface area contributed by atoms with Gasteiger partial charge in [0.1, 0.15) is 5.60 Å². The second-order valence-corrected chi connectivity index (χ2v) is 11.0. The zero-order valence-corrected chi connectivity index (χ0v) is 21.6. The zero-order valence-electron chi connectivity index (χ0n) is 20.0. The van der Waals surface area contributed by atoms with Crippen LogP contribution in [0.5, 0.6) is 0 Å². The number of nitrogens with zero attached hydrogens (tertiary/aromatic N) is 1. The number of aliphatic hydroxyl groups is 1. The summed E-state index contributed by atoms with van der Waals surface area (Å²) in [4.78, 5) is 39.6. The molecule has 0 saturated heterocycles. The minimum Gasteiger partial charge on any atom is -0.444 e. The van der Waals surface area contributed by atoms with E-state index < -0.39 is 23.8 Å². The van der Waals surface area contributed by atoms with Crippen molar-refractivity contribution in [2.24, 2.45) is 0 Å². The maximum atomic E-state index is 13.3. The van der Waals surface area contributed by atoms with Crippen molar-refractivity contribution >= 4 is 46.5 Å². The average molecular weight is 528 g/mol. The van der Waals surface area contributed by atoms with Crippen molar-refractivity contribution in [3.63, 3.8) is 0 Å². The van der Waals surface area contributed by atoms with Gasteiger partial charge in [0.15, 0.2) is 6.23 Å². The standard InChI is InChI=1S/C26H26ClN3O5S/c1-26(2,3)35-25(34)28-13-15-6-4-7-16(12-15)14-30-23(32)17-8-5-9-18(21(17)24(30)33)29-22(31)19-10-11-20(27)36-19/h4-12,23,32H,13-14H2,1-3H3,(H,28,34)(H,29,31). The van der Waals surface area contributed by atoms with Gasteiger partial charge in [0.25, 0.3) is 11.8 Å². The molecule has 2 aromatic carbocycles. The number of amides is 3. The van der Waals surface area contributed by atoms with E-state index in [1.165, 1.54) is 4.90 Å². The molecule has 1 aromatic heterocycles. The molecule has 1 unspecified atom stereocenters. The molecule has 0 fully saturated rings. The van der Waals surface area contributed by atoms with Crippen molar-refractivity contribution in [1.29, 1.82) is 0 Å². The minimum absolute atomic E-state index is 0.142. The highest BCUT2D eigenvalue weighted by Crippen LogP contribution is 2.37. The summed E-state index contributed by atoms with van der Waals surface area (Å²) in [6.07, 6.45) is -1.68. The van der Waals surface area contributed by atoms with Crippen LogP contribution in [0.3, 0.4) is 0 Å². The highest BCUT2D eigenvalue weighted by Gasteiger charge is 2.37. The molecule has 1 atom stereocenters. The molecule has 8 nitrogen and oxygen atoms in total. The first-order valence-corrected chi connectivity index (χ1v) is 12.4. The molecule has 1 aliphatic rings. The number of anilines is 1. The normalized spacial score (nSPS) is 15.0. The summed E-state index contributed by atoms with van der Waals surface area (Å²) >= 11 is 7.07. The SMILES string of the molecule is CC(C)(C)OC(=O)NCc1cccc(CN2C(=O)c3c(NC(=O)c4ccc(Cl)s4)cccc3C2O)c1. The smallest absolute Gasteiger partial charge is 0.407 e. The van der Waals surface area contributed by atoms with Gasteiger partial charge in [-0.1, -0.05) is 48.0 Å². The Morgan fingerprint density at radius 3 is 2.53 bits per heavy atom. The van der Waals surface area contributed by atoms with Crippen molar-refractivity contribution in [3.05, 3.63) is 86.1 Å². The summed E-state index contributed by atoms with van der Waals surface area (Å²) in [5.74, 6) is -0.777. The maximum absolute atomic E-state index is 13.3. The quantitative estimate of drug-likeness (QED) is 0.402. The van der Waals surface area contributed by atoms with E-state index in [0.29, 0.717) is 20.5 Å². The van der Waals surface area contributed by atoms with Crippen LogP contribution in [-0.4, -0.2) is 33.5 Å². The van der Waals surface area contributed by atoms with E-state index in [0.717, 1.165) is 22.5 Å². The van der Waals surface area contributed by atoms with Crippen molar-refractivity contribution in [2.45, 2.75) is 45.7 Å². The third-order valence-corrected chi connectivity index (χ3v) is 6.60. The monoisotopic (exact) mass is 527 g/mol. The molecule has 36 heavy (non-hydrogen) atoms. The number of carbonyl (C=O) groups is 3. The summed E-state index contributed by atoms with van der Waals surface area (Å²) in [7, 11) is 0. The number of fused-ring (bicyclic) bond motifs is 1. The number of benzene rings is 2. The largest absolute Gasteiger partial charge is 0.444 e. The lowest BCUT2D eigenvalue weighted by molar-refractivity contribution is 0.0137. The van der Waals surface area contributed by atoms with Crippen molar-refractivity contribution < 1.29 is 24.2 Å². The van der Waals surface area contributed by atoms with Crippen LogP contribution in [0.25, 0.3) is 0 Å². The molecule has 0 saturated carbocycles. The topological polar surface area (TPSA) is 108 Å². The Balaban J connectivity index is 1.47. The second kappa shape index (κ2) is 10.3. The highest BCUT2D eigenvalue weighted by atomic mass is 35.5. The predicted molar refractivity (Wildman–Crippen MR) is 138 cm³/mol. The summed E-state index contributed by atoms with van der Waals surface area (Å²) < 4.78 is 5.74. The Kier molecular flexibility index (Phi) is 7.35. The van der Waals surface area contributed by atoms with Crippen LogP contribution in [0.2, 0.25) is 4.34 Å². The van der Waals surface area contributed by atoms with Crippen LogP contribution >= 0.6 is 22.9 Å². The number of thiophene rings is 1. The highest BCUT2D eigenvalue weighted by molar-refractivity contribution is 7.18. The molecule has 4 rings (SSSR count). The minimum atomic E-state index is -1.16. The van der Waals surface area contributed by atoms with Gasteiger partial charge >= 0.3 is 6.09 Å². The van der Waals surface area contributed by atoms with Crippen LogP contribution in [0.1, 0.15) is 63.7 Å². The third-order valence-electron chi connectivity index (χ3n) is 5.37. The Bertz CT molecular complexity index is 1320. The predicted octanol–water partition coefficient (Wildman–Crippen LogP) is 5.33. The zero-order chi connectivity index (χ0) is 26.0. The molecule has 1 aliphatic heterocycles. The Labute approximate surface area is 217 Å². The summed E-state index contributed by atoms with van der Waals surface area (Å²) in [5, 5.41) is 16.4. The van der Waals surface area contributed by atoms with Crippen LogP contribution in [0, 0.1) is 0 Å². The lowest BCUT2D eigenvalue weighted by Crippen LogP contribution is -2.32. The number of halogens is 1. The fraction of sp³-hybridized carbons (Fsp3) is 0.269. The van der Waals surface area contributed by atoms with Gasteiger partial charge in [0.2, 0.25) is 0 Å². The molecule has 2 heterocycles. The lowest BCUT2D eigenvalue weighted by Gasteiger charge is -2.21. The van der Waals surface area contributed by atoms with E-state index in [1.807, 2.05) is 24.3 Å².